The van der Waals surface area contributed by atoms with Crippen molar-refractivity contribution in [3.8, 4) is 0 Å². The second-order valence-corrected chi connectivity index (χ2v) is 6.93. The predicted molar refractivity (Wildman–Crippen MR) is 83.2 cm³/mol. The van der Waals surface area contributed by atoms with E-state index in [0.29, 0.717) is 18.5 Å². The number of nitrogens with one attached hydrogen (secondary N) is 1. The first-order chi connectivity index (χ1) is 9.95. The van der Waals surface area contributed by atoms with E-state index in [4.69, 9.17) is 10.9 Å². The van der Waals surface area contributed by atoms with Gasteiger partial charge in [0.1, 0.15) is 0 Å². The molecule has 0 heterocycles. The monoisotopic (exact) mass is 310 g/mol. The number of sulfonamides is 1. The maximum absolute atomic E-state index is 11.3. The van der Waals surface area contributed by atoms with E-state index in [1.54, 1.807) is 12.1 Å². The van der Waals surface area contributed by atoms with E-state index >= 15 is 0 Å². The van der Waals surface area contributed by atoms with Crippen molar-refractivity contribution in [1.82, 2.24) is 5.32 Å². The zero-order chi connectivity index (χ0) is 15.3. The van der Waals surface area contributed by atoms with Crippen LogP contribution in [0.25, 0.3) is 0 Å². The average Bonchev–Trinajstić information content (AvgIpc) is 2.46. The topological polar surface area (TPSA) is 111 Å². The molecule has 0 spiro atoms. The number of nitrogens with zero attached hydrogens (tertiary/aromatic N) is 1. The van der Waals surface area contributed by atoms with Crippen molar-refractivity contribution in [2.75, 3.05) is 0 Å². The Labute approximate surface area is 125 Å². The predicted octanol–water partition coefficient (Wildman–Crippen LogP) is 1.07. The zero-order valence-corrected chi connectivity index (χ0v) is 12.8. The highest BCUT2D eigenvalue weighted by atomic mass is 32.2. The summed E-state index contributed by atoms with van der Waals surface area (Å²) in [7, 11) is -3.68. The van der Waals surface area contributed by atoms with Crippen LogP contribution in [0.3, 0.4) is 0 Å². The summed E-state index contributed by atoms with van der Waals surface area (Å²) in [5, 5.41) is 8.32. The van der Waals surface area contributed by atoms with Gasteiger partial charge in [-0.15, -0.1) is 0 Å². The lowest BCUT2D eigenvalue weighted by Gasteiger charge is -2.23. The van der Waals surface area contributed by atoms with Gasteiger partial charge in [0.25, 0.3) is 0 Å². The smallest absolute Gasteiger partial charge is 0.238 e. The van der Waals surface area contributed by atoms with Crippen LogP contribution >= 0.6 is 0 Å². The van der Waals surface area contributed by atoms with Gasteiger partial charge in [-0.05, 0) is 30.5 Å². The summed E-state index contributed by atoms with van der Waals surface area (Å²) < 4.78 is 22.6. The van der Waals surface area contributed by atoms with Gasteiger partial charge in [0.05, 0.1) is 11.4 Å². The number of aliphatic imine (C=N–C) groups is 1. The molecule has 5 N–H and O–H groups in total. The molecule has 0 radical (unpaired) electrons. The minimum absolute atomic E-state index is 0.0917. The van der Waals surface area contributed by atoms with Crippen molar-refractivity contribution in [2.45, 2.75) is 49.6 Å². The van der Waals surface area contributed by atoms with Crippen LogP contribution in [0, 0.1) is 0 Å². The Morgan fingerprint density at radius 3 is 2.67 bits per heavy atom. The quantitative estimate of drug-likeness (QED) is 0.570. The van der Waals surface area contributed by atoms with Crippen molar-refractivity contribution < 1.29 is 8.42 Å². The van der Waals surface area contributed by atoms with Crippen molar-refractivity contribution >= 4 is 16.0 Å². The number of rotatable bonds is 4. The molecular weight excluding hydrogens is 288 g/mol. The first kappa shape index (κ1) is 15.8. The lowest BCUT2D eigenvalue weighted by Crippen LogP contribution is -2.41. The molecule has 0 aromatic heterocycles. The van der Waals surface area contributed by atoms with Gasteiger partial charge in [-0.1, -0.05) is 31.4 Å². The molecule has 0 atom stereocenters. The van der Waals surface area contributed by atoms with Gasteiger partial charge in [-0.2, -0.15) is 0 Å². The Hall–Kier alpha value is -1.60. The maximum atomic E-state index is 11.3. The Kier molecular flexibility index (Phi) is 5.19. The van der Waals surface area contributed by atoms with Crippen LogP contribution < -0.4 is 16.2 Å². The third-order valence-electron chi connectivity index (χ3n) is 3.62. The Balaban J connectivity index is 1.96. The molecule has 2 rings (SSSR count). The minimum Gasteiger partial charge on any atom is -0.370 e. The summed E-state index contributed by atoms with van der Waals surface area (Å²) in [5.74, 6) is 0.405. The molecule has 21 heavy (non-hydrogen) atoms. The molecule has 7 heteroatoms. The standard InChI is InChI=1S/C14H22N4O2S/c15-14(18-12-6-2-1-3-7-12)17-10-11-5-4-8-13(9-11)21(16,19)20/h4-5,8-9,12H,1-3,6-7,10H2,(H3,15,17,18)(H2,16,19,20). The summed E-state index contributed by atoms with van der Waals surface area (Å²) in [6.45, 7) is 0.328. The van der Waals surface area contributed by atoms with Crippen LogP contribution in [-0.4, -0.2) is 20.4 Å². The molecule has 116 valence electrons. The lowest BCUT2D eigenvalue weighted by atomic mass is 9.96. The number of nitrogens with two attached hydrogens (primary N) is 2. The van der Waals surface area contributed by atoms with Gasteiger partial charge in [-0.3, -0.25) is 0 Å². The van der Waals surface area contributed by atoms with Gasteiger partial charge in [0.2, 0.25) is 10.0 Å². The zero-order valence-electron chi connectivity index (χ0n) is 12.0. The molecule has 1 aromatic carbocycles. The van der Waals surface area contributed by atoms with Crippen LogP contribution in [0.2, 0.25) is 0 Å². The van der Waals surface area contributed by atoms with Gasteiger partial charge >= 0.3 is 0 Å². The second-order valence-electron chi connectivity index (χ2n) is 5.37. The molecule has 1 aliphatic rings. The van der Waals surface area contributed by atoms with Crippen molar-refractivity contribution in [3.63, 3.8) is 0 Å². The summed E-state index contributed by atoms with van der Waals surface area (Å²) in [4.78, 5) is 4.35. The molecule has 0 bridgehead atoms. The minimum atomic E-state index is -3.68. The van der Waals surface area contributed by atoms with Crippen molar-refractivity contribution in [3.05, 3.63) is 29.8 Å². The van der Waals surface area contributed by atoms with Crippen molar-refractivity contribution in [1.29, 1.82) is 0 Å². The van der Waals surface area contributed by atoms with E-state index in [9.17, 15) is 8.42 Å². The van der Waals surface area contributed by atoms with E-state index in [-0.39, 0.29) is 4.90 Å². The maximum Gasteiger partial charge on any atom is 0.238 e. The molecule has 0 saturated heterocycles. The van der Waals surface area contributed by atoms with E-state index in [0.717, 1.165) is 18.4 Å². The molecular formula is C14H22N4O2S. The first-order valence-corrected chi connectivity index (χ1v) is 8.68. The van der Waals surface area contributed by atoms with Crippen LogP contribution in [0.4, 0.5) is 0 Å². The SMILES string of the molecule is NC(=NCc1cccc(S(N)(=O)=O)c1)NC1CCCCC1. The van der Waals surface area contributed by atoms with E-state index in [1.807, 2.05) is 0 Å². The van der Waals surface area contributed by atoms with Crippen LogP contribution in [0.1, 0.15) is 37.7 Å². The lowest BCUT2D eigenvalue weighted by molar-refractivity contribution is 0.412. The summed E-state index contributed by atoms with van der Waals surface area (Å²) in [5.41, 5.74) is 6.63. The van der Waals surface area contributed by atoms with E-state index in [1.165, 1.54) is 31.4 Å². The third kappa shape index (κ3) is 5.02. The largest absolute Gasteiger partial charge is 0.370 e. The molecule has 0 aliphatic heterocycles. The number of guanidine groups is 1. The van der Waals surface area contributed by atoms with Crippen molar-refractivity contribution in [2.24, 2.45) is 15.9 Å². The van der Waals surface area contributed by atoms with Gasteiger partial charge in [-0.25, -0.2) is 18.5 Å². The molecule has 1 fully saturated rings. The number of primary sulfonamides is 1. The number of hydrogen-bond donors (Lipinski definition) is 3. The molecule has 0 amide bonds. The molecule has 0 unspecified atom stereocenters. The highest BCUT2D eigenvalue weighted by Gasteiger charge is 2.13. The first-order valence-electron chi connectivity index (χ1n) is 7.13. The Bertz CT molecular complexity index is 607. The fraction of sp³-hybridized carbons (Fsp3) is 0.500. The number of benzene rings is 1. The molecule has 6 nitrogen and oxygen atoms in total. The van der Waals surface area contributed by atoms with E-state index in [2.05, 4.69) is 10.3 Å². The second kappa shape index (κ2) is 6.91. The van der Waals surface area contributed by atoms with E-state index < -0.39 is 10.0 Å². The van der Waals surface area contributed by atoms with Crippen LogP contribution in [0.5, 0.6) is 0 Å². The summed E-state index contributed by atoms with van der Waals surface area (Å²) >= 11 is 0. The molecule has 1 aliphatic carbocycles. The summed E-state index contributed by atoms with van der Waals surface area (Å²) in [6, 6.07) is 6.83. The fourth-order valence-corrected chi connectivity index (χ4v) is 3.08. The highest BCUT2D eigenvalue weighted by Crippen LogP contribution is 2.17. The molecule has 1 saturated carbocycles. The van der Waals surface area contributed by atoms with Gasteiger partial charge < -0.3 is 11.1 Å². The van der Waals surface area contributed by atoms with Crippen LogP contribution in [0.15, 0.2) is 34.2 Å². The highest BCUT2D eigenvalue weighted by molar-refractivity contribution is 7.89. The normalized spacial score (nSPS) is 17.7. The van der Waals surface area contributed by atoms with Gasteiger partial charge in [0.15, 0.2) is 5.96 Å². The number of hydrogen-bond acceptors (Lipinski definition) is 3. The molecule has 1 aromatic rings. The fourth-order valence-electron chi connectivity index (χ4n) is 2.50. The van der Waals surface area contributed by atoms with Crippen LogP contribution in [-0.2, 0) is 16.6 Å². The summed E-state index contributed by atoms with van der Waals surface area (Å²) in [6.07, 6.45) is 5.98. The average molecular weight is 310 g/mol. The van der Waals surface area contributed by atoms with Gasteiger partial charge in [0, 0.05) is 6.04 Å². The Morgan fingerprint density at radius 1 is 1.29 bits per heavy atom. The Morgan fingerprint density at radius 2 is 2.00 bits per heavy atom. The third-order valence-corrected chi connectivity index (χ3v) is 4.53.